The number of likely N-dealkylation sites (N-methyl/N-ethyl adjacent to an activating group) is 1. The van der Waals surface area contributed by atoms with Crippen LogP contribution in [-0.4, -0.2) is 24.0 Å². The Morgan fingerprint density at radius 3 is 2.95 bits per heavy atom. The van der Waals surface area contributed by atoms with Gasteiger partial charge in [-0.05, 0) is 31.9 Å². The number of hydrogen-bond acceptors (Lipinski definition) is 2. The van der Waals surface area contributed by atoms with Gasteiger partial charge in [0.05, 0.1) is 0 Å². The Bertz CT molecular complexity index is 560. The number of allylic oxidation sites excluding steroid dienone is 2. The molecule has 1 N–H and O–H groups in total. The highest BCUT2D eigenvalue weighted by atomic mass is 16.2. The van der Waals surface area contributed by atoms with Crippen LogP contribution < -0.4 is 5.32 Å². The Balaban J connectivity index is 2.09. The van der Waals surface area contributed by atoms with Gasteiger partial charge in [-0.25, -0.2) is 0 Å². The van der Waals surface area contributed by atoms with E-state index in [0.29, 0.717) is 6.42 Å². The monoisotopic (exact) mass is 256 g/mol. The van der Waals surface area contributed by atoms with E-state index in [1.54, 1.807) is 0 Å². The van der Waals surface area contributed by atoms with Crippen LogP contribution in [0.5, 0.6) is 0 Å². The highest BCUT2D eigenvalue weighted by Gasteiger charge is 2.55. The first-order valence-electron chi connectivity index (χ1n) is 6.80. The number of hydrogen-bond donors (Lipinski definition) is 1. The number of nitrogens with one attached hydrogen (secondary N) is 1. The molecule has 1 saturated heterocycles. The van der Waals surface area contributed by atoms with E-state index < -0.39 is 0 Å². The largest absolute Gasteiger partial charge is 0.364 e. The molecular formula is C16H20N2O. The topological polar surface area (TPSA) is 32.3 Å². The molecule has 0 radical (unpaired) electrons. The van der Waals surface area contributed by atoms with Gasteiger partial charge in [0.1, 0.15) is 6.17 Å². The number of rotatable bonds is 2. The van der Waals surface area contributed by atoms with Crippen molar-refractivity contribution in [1.29, 1.82) is 0 Å². The average Bonchev–Trinajstić information content (AvgIpc) is 2.82. The van der Waals surface area contributed by atoms with Crippen LogP contribution >= 0.6 is 0 Å². The van der Waals surface area contributed by atoms with Crippen molar-refractivity contribution >= 4 is 11.6 Å². The van der Waals surface area contributed by atoms with Crippen molar-refractivity contribution in [3.63, 3.8) is 0 Å². The number of likely N-dealkylation sites (tertiary alicyclic amines) is 1. The third-order valence-corrected chi connectivity index (χ3v) is 4.40. The van der Waals surface area contributed by atoms with Gasteiger partial charge >= 0.3 is 0 Å². The molecule has 1 aromatic carbocycles. The second-order valence-electron chi connectivity index (χ2n) is 5.92. The van der Waals surface area contributed by atoms with Crippen LogP contribution in [0.3, 0.4) is 0 Å². The molecule has 3 nitrogen and oxygen atoms in total. The highest BCUT2D eigenvalue weighted by Crippen LogP contribution is 2.50. The van der Waals surface area contributed by atoms with E-state index in [1.165, 1.54) is 16.8 Å². The Labute approximate surface area is 114 Å². The lowest BCUT2D eigenvalue weighted by molar-refractivity contribution is -0.127. The summed E-state index contributed by atoms with van der Waals surface area (Å²) in [5.41, 5.74) is 3.67. The minimum atomic E-state index is -0.0975. The van der Waals surface area contributed by atoms with Crippen molar-refractivity contribution < 1.29 is 4.79 Å². The lowest BCUT2D eigenvalue weighted by Crippen LogP contribution is -2.41. The van der Waals surface area contributed by atoms with E-state index in [0.717, 1.165) is 6.42 Å². The molecule has 3 rings (SSSR count). The smallest absolute Gasteiger partial charge is 0.225 e. The van der Waals surface area contributed by atoms with Gasteiger partial charge in [-0.2, -0.15) is 0 Å². The SMILES string of the molecule is CC(C)=CCC12CC(=O)N(C)C1Nc1ccccc12. The van der Waals surface area contributed by atoms with Crippen LogP contribution in [0.25, 0.3) is 0 Å². The minimum absolute atomic E-state index is 0.0907. The van der Waals surface area contributed by atoms with Crippen LogP contribution in [0.2, 0.25) is 0 Å². The Morgan fingerprint density at radius 2 is 2.21 bits per heavy atom. The van der Waals surface area contributed by atoms with E-state index in [4.69, 9.17) is 0 Å². The summed E-state index contributed by atoms with van der Waals surface area (Å²) in [4.78, 5) is 14.0. The molecule has 1 aromatic rings. The van der Waals surface area contributed by atoms with E-state index in [2.05, 4.69) is 43.4 Å². The first-order chi connectivity index (χ1) is 9.04. The molecule has 100 valence electrons. The maximum Gasteiger partial charge on any atom is 0.225 e. The summed E-state index contributed by atoms with van der Waals surface area (Å²) in [6.45, 7) is 4.22. The number of carbonyl (C=O) groups excluding carboxylic acids is 1. The third-order valence-electron chi connectivity index (χ3n) is 4.40. The van der Waals surface area contributed by atoms with Gasteiger partial charge in [0, 0.05) is 24.6 Å². The van der Waals surface area contributed by atoms with E-state index in [-0.39, 0.29) is 17.5 Å². The highest BCUT2D eigenvalue weighted by molar-refractivity contribution is 5.85. The molecule has 19 heavy (non-hydrogen) atoms. The van der Waals surface area contributed by atoms with Crippen LogP contribution in [0, 0.1) is 0 Å². The van der Waals surface area contributed by atoms with Crippen molar-refractivity contribution in [3.05, 3.63) is 41.5 Å². The number of anilines is 1. The number of amides is 1. The maximum absolute atomic E-state index is 12.1. The molecule has 3 heteroatoms. The fourth-order valence-corrected chi connectivity index (χ4v) is 3.35. The van der Waals surface area contributed by atoms with Gasteiger partial charge in [0.15, 0.2) is 0 Å². The zero-order valence-electron chi connectivity index (χ0n) is 11.7. The van der Waals surface area contributed by atoms with Crippen molar-refractivity contribution in [2.75, 3.05) is 12.4 Å². The Kier molecular flexibility index (Phi) is 2.66. The fourth-order valence-electron chi connectivity index (χ4n) is 3.35. The quantitative estimate of drug-likeness (QED) is 0.825. The molecule has 2 unspecified atom stereocenters. The lowest BCUT2D eigenvalue weighted by atomic mass is 9.76. The fraction of sp³-hybridized carbons (Fsp3) is 0.438. The predicted molar refractivity (Wildman–Crippen MR) is 77.0 cm³/mol. The summed E-state index contributed by atoms with van der Waals surface area (Å²) in [7, 11) is 1.90. The molecule has 0 saturated carbocycles. The lowest BCUT2D eigenvalue weighted by Gasteiger charge is -2.29. The average molecular weight is 256 g/mol. The van der Waals surface area contributed by atoms with Gasteiger partial charge in [-0.1, -0.05) is 29.8 Å². The van der Waals surface area contributed by atoms with Crippen LogP contribution in [0.15, 0.2) is 35.9 Å². The van der Waals surface area contributed by atoms with Gasteiger partial charge in [-0.3, -0.25) is 4.79 Å². The summed E-state index contributed by atoms with van der Waals surface area (Å²) in [6.07, 6.45) is 3.86. The second-order valence-corrected chi connectivity index (χ2v) is 5.92. The molecule has 0 spiro atoms. The number of nitrogens with zero attached hydrogens (tertiary/aromatic N) is 1. The number of carbonyl (C=O) groups is 1. The maximum atomic E-state index is 12.1. The van der Waals surface area contributed by atoms with Gasteiger partial charge in [-0.15, -0.1) is 0 Å². The Hall–Kier alpha value is -1.77. The Morgan fingerprint density at radius 1 is 1.47 bits per heavy atom. The molecule has 1 amide bonds. The van der Waals surface area contributed by atoms with Gasteiger partial charge < -0.3 is 10.2 Å². The summed E-state index contributed by atoms with van der Waals surface area (Å²) in [5, 5.41) is 3.52. The van der Waals surface area contributed by atoms with E-state index >= 15 is 0 Å². The van der Waals surface area contributed by atoms with Gasteiger partial charge in [0.25, 0.3) is 0 Å². The molecule has 2 heterocycles. The minimum Gasteiger partial charge on any atom is -0.364 e. The molecule has 2 aliphatic heterocycles. The van der Waals surface area contributed by atoms with Crippen molar-refractivity contribution in [1.82, 2.24) is 4.90 Å². The van der Waals surface area contributed by atoms with Crippen LogP contribution in [-0.2, 0) is 10.2 Å². The first kappa shape index (κ1) is 12.3. The van der Waals surface area contributed by atoms with Gasteiger partial charge in [0.2, 0.25) is 5.91 Å². The first-order valence-corrected chi connectivity index (χ1v) is 6.80. The van der Waals surface area contributed by atoms with E-state index in [9.17, 15) is 4.79 Å². The molecule has 0 aromatic heterocycles. The van der Waals surface area contributed by atoms with Crippen molar-refractivity contribution in [3.8, 4) is 0 Å². The van der Waals surface area contributed by atoms with E-state index in [1.807, 2.05) is 18.0 Å². The molecule has 0 bridgehead atoms. The molecule has 1 fully saturated rings. The zero-order valence-corrected chi connectivity index (χ0v) is 11.7. The molecule has 2 atom stereocenters. The third kappa shape index (κ3) is 1.68. The summed E-state index contributed by atoms with van der Waals surface area (Å²) in [6, 6.07) is 8.38. The number of fused-ring (bicyclic) bond motifs is 3. The van der Waals surface area contributed by atoms with Crippen molar-refractivity contribution in [2.45, 2.75) is 38.3 Å². The zero-order chi connectivity index (χ0) is 13.6. The standard InChI is InChI=1S/C16H20N2O/c1-11(2)8-9-16-10-14(19)18(3)15(16)17-13-7-5-4-6-12(13)16/h4-8,15,17H,9-10H2,1-3H3. The van der Waals surface area contributed by atoms with Crippen LogP contribution in [0.1, 0.15) is 32.3 Å². The molecule has 0 aliphatic carbocycles. The summed E-state index contributed by atoms with van der Waals surface area (Å²) >= 11 is 0. The van der Waals surface area contributed by atoms with Crippen molar-refractivity contribution in [2.24, 2.45) is 0 Å². The normalized spacial score (nSPS) is 27.8. The molecule has 2 aliphatic rings. The second kappa shape index (κ2) is 4.12. The number of benzene rings is 1. The summed E-state index contributed by atoms with van der Waals surface area (Å²) < 4.78 is 0. The van der Waals surface area contributed by atoms with Crippen LogP contribution in [0.4, 0.5) is 5.69 Å². The predicted octanol–water partition coefficient (Wildman–Crippen LogP) is 2.89. The number of para-hydroxylation sites is 1. The molecular weight excluding hydrogens is 236 g/mol. The summed E-state index contributed by atoms with van der Waals surface area (Å²) in [5.74, 6) is 0.231.